The van der Waals surface area contributed by atoms with E-state index in [0.717, 1.165) is 0 Å². The number of H-pyrrole nitrogens is 1. The molecule has 3 nitrogen and oxygen atoms in total. The predicted molar refractivity (Wildman–Crippen MR) is 60.5 cm³/mol. The number of pyridine rings is 2. The van der Waals surface area contributed by atoms with E-state index in [1.54, 1.807) is 13.8 Å². The molecule has 0 atom stereocenters. The fourth-order valence-electron chi connectivity index (χ4n) is 1.72. The van der Waals surface area contributed by atoms with Gasteiger partial charge in [0.05, 0.1) is 5.56 Å². The number of alkyl halides is 3. The van der Waals surface area contributed by atoms with Crippen molar-refractivity contribution in [2.24, 2.45) is 0 Å². The van der Waals surface area contributed by atoms with E-state index in [4.69, 9.17) is 0 Å². The van der Waals surface area contributed by atoms with E-state index in [9.17, 15) is 22.4 Å². The Hall–Kier alpha value is -1.92. The van der Waals surface area contributed by atoms with Gasteiger partial charge in [0.1, 0.15) is 17.3 Å². The number of halogens is 4. The standard InChI is InChI=1S/C12H10F4N2O/c1-5(2)6-3-7-8(13)4-9(12(14,15)16)17-10(7)18-11(6)19/h3-5H,1-2H3,(H,17,18,19). The number of hydrogen-bond donors (Lipinski definition) is 1. The van der Waals surface area contributed by atoms with Crippen LogP contribution >= 0.6 is 0 Å². The second-order valence-electron chi connectivity index (χ2n) is 4.46. The lowest BCUT2D eigenvalue weighted by molar-refractivity contribution is -0.141. The highest BCUT2D eigenvalue weighted by molar-refractivity contribution is 5.59. The number of hydrogen-bond acceptors (Lipinski definition) is 2. The van der Waals surface area contributed by atoms with Crippen LogP contribution in [0.15, 0.2) is 16.9 Å². The van der Waals surface area contributed by atoms with Gasteiger partial charge in [-0.3, -0.25) is 4.79 Å². The molecule has 0 fully saturated rings. The molecule has 0 aromatic rings. The molecule has 0 radical (unpaired) electrons. The SMILES string of the molecule is CC(C)c1cc2c(F)cc(C(F)(F)F)[nH]c-2nc1=O. The van der Waals surface area contributed by atoms with Gasteiger partial charge in [-0.1, -0.05) is 13.8 Å². The summed E-state index contributed by atoms with van der Waals surface area (Å²) in [4.78, 5) is 17.0. The van der Waals surface area contributed by atoms with Crippen LogP contribution in [0.5, 0.6) is 0 Å². The zero-order chi connectivity index (χ0) is 14.4. The monoisotopic (exact) mass is 274 g/mol. The Labute approximate surface area is 105 Å². The average molecular weight is 274 g/mol. The second kappa shape index (κ2) is 4.32. The van der Waals surface area contributed by atoms with Crippen LogP contribution in [-0.4, -0.2) is 9.97 Å². The molecule has 7 heteroatoms. The molecule has 0 spiro atoms. The van der Waals surface area contributed by atoms with Gasteiger partial charge >= 0.3 is 6.18 Å². The molecule has 1 N–H and O–H groups in total. The first-order valence-corrected chi connectivity index (χ1v) is 5.51. The van der Waals surface area contributed by atoms with E-state index in [2.05, 4.69) is 4.98 Å². The highest BCUT2D eigenvalue weighted by atomic mass is 19.4. The number of fused-ring (bicyclic) bond motifs is 1. The van der Waals surface area contributed by atoms with Gasteiger partial charge < -0.3 is 4.98 Å². The molecule has 0 unspecified atom stereocenters. The zero-order valence-electron chi connectivity index (χ0n) is 10.1. The third-order valence-electron chi connectivity index (χ3n) is 2.72. The average Bonchev–Trinajstić information content (AvgIpc) is 2.26. The van der Waals surface area contributed by atoms with Crippen LogP contribution in [0.4, 0.5) is 17.6 Å². The number of nitrogens with zero attached hydrogens (tertiary/aromatic N) is 1. The molecular formula is C12H10F4N2O. The lowest BCUT2D eigenvalue weighted by atomic mass is 10.0. The molecule has 0 amide bonds. The zero-order valence-corrected chi connectivity index (χ0v) is 10.1. The highest BCUT2D eigenvalue weighted by Gasteiger charge is 2.33. The normalized spacial score (nSPS) is 12.4. The maximum atomic E-state index is 13.7. The van der Waals surface area contributed by atoms with Crippen LogP contribution in [0.25, 0.3) is 11.4 Å². The number of nitrogens with one attached hydrogen (secondary N) is 1. The molecule has 2 aliphatic rings. The van der Waals surface area contributed by atoms with Crippen molar-refractivity contribution in [2.75, 3.05) is 0 Å². The van der Waals surface area contributed by atoms with Crippen LogP contribution in [0.3, 0.4) is 0 Å². The Kier molecular flexibility index (Phi) is 3.07. The van der Waals surface area contributed by atoms with Crippen LogP contribution in [0.1, 0.15) is 31.0 Å². The summed E-state index contributed by atoms with van der Waals surface area (Å²) in [6.45, 7) is 3.44. The van der Waals surface area contributed by atoms with Gasteiger partial charge in [-0.05, 0) is 12.0 Å². The second-order valence-corrected chi connectivity index (χ2v) is 4.46. The first-order valence-electron chi connectivity index (χ1n) is 5.51. The van der Waals surface area contributed by atoms with Crippen molar-refractivity contribution in [3.05, 3.63) is 39.6 Å². The third kappa shape index (κ3) is 2.45. The third-order valence-corrected chi connectivity index (χ3v) is 2.72. The van der Waals surface area contributed by atoms with Gasteiger partial charge in [-0.2, -0.15) is 18.2 Å². The maximum absolute atomic E-state index is 13.7. The van der Waals surface area contributed by atoms with Crippen molar-refractivity contribution < 1.29 is 17.6 Å². The number of aromatic amines is 1. The van der Waals surface area contributed by atoms with Crippen LogP contribution in [0, 0.1) is 5.82 Å². The topological polar surface area (TPSA) is 45.8 Å². The van der Waals surface area contributed by atoms with Crippen molar-refractivity contribution in [2.45, 2.75) is 25.9 Å². The van der Waals surface area contributed by atoms with Gasteiger partial charge in [-0.15, -0.1) is 0 Å². The summed E-state index contributed by atoms with van der Waals surface area (Å²) >= 11 is 0. The Morgan fingerprint density at radius 1 is 1.26 bits per heavy atom. The minimum atomic E-state index is -4.73. The summed E-state index contributed by atoms with van der Waals surface area (Å²) in [6, 6.07) is 1.60. The fraction of sp³-hybridized carbons (Fsp3) is 0.333. The van der Waals surface area contributed by atoms with E-state index in [1.165, 1.54) is 6.07 Å². The Morgan fingerprint density at radius 2 is 1.89 bits per heavy atom. The molecule has 2 rings (SSSR count). The lowest BCUT2D eigenvalue weighted by Crippen LogP contribution is -2.19. The Balaban J connectivity index is 2.75. The van der Waals surface area contributed by atoms with Gasteiger partial charge in [0.2, 0.25) is 0 Å². The van der Waals surface area contributed by atoms with Crippen molar-refractivity contribution >= 4 is 0 Å². The lowest BCUT2D eigenvalue weighted by Gasteiger charge is -2.13. The van der Waals surface area contributed by atoms with E-state index >= 15 is 0 Å². The molecule has 0 aromatic heterocycles. The van der Waals surface area contributed by atoms with Gasteiger partial charge in [0.15, 0.2) is 0 Å². The van der Waals surface area contributed by atoms with E-state index < -0.39 is 29.1 Å². The van der Waals surface area contributed by atoms with Gasteiger partial charge in [0.25, 0.3) is 5.56 Å². The molecule has 2 heterocycles. The molecule has 0 aromatic carbocycles. The summed E-state index contributed by atoms with van der Waals surface area (Å²) in [6.07, 6.45) is -4.73. The molecule has 2 aliphatic heterocycles. The van der Waals surface area contributed by atoms with Crippen LogP contribution in [0.2, 0.25) is 0 Å². The summed E-state index contributed by atoms with van der Waals surface area (Å²) in [5.74, 6) is -1.65. The first kappa shape index (κ1) is 13.5. The summed E-state index contributed by atoms with van der Waals surface area (Å²) in [5.41, 5.74) is -1.80. The summed E-state index contributed by atoms with van der Waals surface area (Å²) < 4.78 is 51.2. The van der Waals surface area contributed by atoms with E-state index in [1.807, 2.05) is 4.98 Å². The smallest absolute Gasteiger partial charge is 0.335 e. The first-order chi connectivity index (χ1) is 8.70. The quantitative estimate of drug-likeness (QED) is 0.812. The molecule has 0 saturated carbocycles. The van der Waals surface area contributed by atoms with Gasteiger partial charge in [0, 0.05) is 11.6 Å². The minimum absolute atomic E-state index is 0.128. The Morgan fingerprint density at radius 3 is 2.42 bits per heavy atom. The molecule has 0 saturated heterocycles. The highest BCUT2D eigenvalue weighted by Crippen LogP contribution is 2.32. The number of aromatic nitrogens is 2. The van der Waals surface area contributed by atoms with E-state index in [-0.39, 0.29) is 17.0 Å². The van der Waals surface area contributed by atoms with Crippen molar-refractivity contribution in [3.8, 4) is 11.4 Å². The molecule has 102 valence electrons. The van der Waals surface area contributed by atoms with Gasteiger partial charge in [-0.25, -0.2) is 4.39 Å². The molecule has 0 bridgehead atoms. The largest absolute Gasteiger partial charge is 0.431 e. The molecule has 19 heavy (non-hydrogen) atoms. The van der Waals surface area contributed by atoms with Crippen molar-refractivity contribution in [1.29, 1.82) is 0 Å². The maximum Gasteiger partial charge on any atom is 0.431 e. The minimum Gasteiger partial charge on any atom is -0.335 e. The van der Waals surface area contributed by atoms with E-state index in [0.29, 0.717) is 6.07 Å². The van der Waals surface area contributed by atoms with Crippen LogP contribution in [-0.2, 0) is 6.18 Å². The summed E-state index contributed by atoms with van der Waals surface area (Å²) in [5, 5.41) is 0. The predicted octanol–water partition coefficient (Wildman–Crippen LogP) is 3.16. The number of rotatable bonds is 1. The van der Waals surface area contributed by atoms with Crippen LogP contribution < -0.4 is 5.56 Å². The fourth-order valence-corrected chi connectivity index (χ4v) is 1.72. The van der Waals surface area contributed by atoms with Crippen molar-refractivity contribution in [1.82, 2.24) is 9.97 Å². The molecular weight excluding hydrogens is 264 g/mol. The molecule has 0 aliphatic carbocycles. The van der Waals surface area contributed by atoms with Crippen molar-refractivity contribution in [3.63, 3.8) is 0 Å². The Bertz CT molecular complexity index is 645. The summed E-state index contributed by atoms with van der Waals surface area (Å²) in [7, 11) is 0.